The van der Waals surface area contributed by atoms with Crippen LogP contribution in [0.2, 0.25) is 0 Å². The van der Waals surface area contributed by atoms with E-state index in [1.807, 2.05) is 27.7 Å². The summed E-state index contributed by atoms with van der Waals surface area (Å²) in [5.74, 6) is 0.714. The third-order valence-electron chi connectivity index (χ3n) is 2.15. The molecule has 0 fully saturated rings. The zero-order valence-electron chi connectivity index (χ0n) is 9.23. The third kappa shape index (κ3) is 2.77. The van der Waals surface area contributed by atoms with E-state index >= 15 is 0 Å². The van der Waals surface area contributed by atoms with Crippen molar-refractivity contribution in [3.8, 4) is 0 Å². The Hall–Kier alpha value is -0.970. The number of nitrogens with zero attached hydrogens (tertiary/aromatic N) is 4. The predicted molar refractivity (Wildman–Crippen MR) is 52.7 cm³/mol. The number of rotatable bonds is 3. The van der Waals surface area contributed by atoms with Crippen LogP contribution in [-0.4, -0.2) is 31.4 Å². The van der Waals surface area contributed by atoms with Gasteiger partial charge < -0.3 is 5.11 Å². The Morgan fingerprint density at radius 1 is 1.43 bits per heavy atom. The van der Waals surface area contributed by atoms with Gasteiger partial charge in [-0.25, -0.2) is 0 Å². The highest BCUT2D eigenvalue weighted by atomic mass is 16.3. The molecule has 0 spiro atoms. The molecule has 0 aliphatic carbocycles. The van der Waals surface area contributed by atoms with Crippen molar-refractivity contribution in [1.29, 1.82) is 0 Å². The summed E-state index contributed by atoms with van der Waals surface area (Å²) in [7, 11) is 0. The maximum Gasteiger partial charge on any atom is 0.174 e. The van der Waals surface area contributed by atoms with E-state index in [0.717, 1.165) is 6.42 Å². The highest BCUT2D eigenvalue weighted by Gasteiger charge is 2.23. The van der Waals surface area contributed by atoms with Crippen molar-refractivity contribution in [1.82, 2.24) is 20.2 Å². The molecule has 0 saturated carbocycles. The summed E-state index contributed by atoms with van der Waals surface area (Å²) >= 11 is 0. The summed E-state index contributed by atoms with van der Waals surface area (Å²) in [6.07, 6.45) is 0.312. The van der Waals surface area contributed by atoms with Gasteiger partial charge in [0.25, 0.3) is 0 Å². The molecule has 5 nitrogen and oxygen atoms in total. The van der Waals surface area contributed by atoms with Crippen LogP contribution in [0.25, 0.3) is 0 Å². The molecule has 0 aliphatic heterocycles. The SMILES string of the molecule is CCc1nnn(CC(O)C(C)(C)C)n1. The average Bonchev–Trinajstić information content (AvgIpc) is 2.50. The molecule has 1 heterocycles. The highest BCUT2D eigenvalue weighted by molar-refractivity contribution is 4.76. The lowest BCUT2D eigenvalue weighted by atomic mass is 9.89. The average molecular weight is 198 g/mol. The molecular weight excluding hydrogens is 180 g/mol. The van der Waals surface area contributed by atoms with Crippen LogP contribution in [0.15, 0.2) is 0 Å². The summed E-state index contributed by atoms with van der Waals surface area (Å²) in [5.41, 5.74) is -0.153. The summed E-state index contributed by atoms with van der Waals surface area (Å²) < 4.78 is 0. The fourth-order valence-corrected chi connectivity index (χ4v) is 0.924. The number of aliphatic hydroxyl groups excluding tert-OH is 1. The first-order valence-electron chi connectivity index (χ1n) is 4.88. The van der Waals surface area contributed by atoms with E-state index in [4.69, 9.17) is 0 Å². The minimum atomic E-state index is -0.457. The lowest BCUT2D eigenvalue weighted by Gasteiger charge is -2.24. The normalized spacial score (nSPS) is 14.4. The largest absolute Gasteiger partial charge is 0.391 e. The van der Waals surface area contributed by atoms with Crippen LogP contribution in [0.1, 0.15) is 33.5 Å². The van der Waals surface area contributed by atoms with Gasteiger partial charge in [-0.3, -0.25) is 0 Å². The van der Waals surface area contributed by atoms with Gasteiger partial charge in [0.2, 0.25) is 0 Å². The monoisotopic (exact) mass is 198 g/mol. The van der Waals surface area contributed by atoms with Crippen LogP contribution in [-0.2, 0) is 13.0 Å². The van der Waals surface area contributed by atoms with Gasteiger partial charge in [-0.05, 0) is 10.6 Å². The molecule has 5 heteroatoms. The Balaban J connectivity index is 2.60. The quantitative estimate of drug-likeness (QED) is 0.774. The summed E-state index contributed by atoms with van der Waals surface area (Å²) in [6, 6.07) is 0. The van der Waals surface area contributed by atoms with E-state index < -0.39 is 6.10 Å². The van der Waals surface area contributed by atoms with Crippen molar-refractivity contribution in [3.05, 3.63) is 5.82 Å². The van der Waals surface area contributed by atoms with E-state index in [-0.39, 0.29) is 5.41 Å². The van der Waals surface area contributed by atoms with E-state index in [2.05, 4.69) is 15.4 Å². The smallest absolute Gasteiger partial charge is 0.174 e. The second-order valence-corrected chi connectivity index (χ2v) is 4.50. The molecule has 80 valence electrons. The maximum absolute atomic E-state index is 9.79. The van der Waals surface area contributed by atoms with Gasteiger partial charge in [-0.2, -0.15) is 4.80 Å². The number of hydrogen-bond acceptors (Lipinski definition) is 4. The number of aliphatic hydroxyl groups is 1. The standard InChI is InChI=1S/C9H18N4O/c1-5-8-10-12-13(11-8)6-7(14)9(2,3)4/h7,14H,5-6H2,1-4H3. The van der Waals surface area contributed by atoms with Crippen LogP contribution in [0, 0.1) is 5.41 Å². The Bertz CT molecular complexity index is 289. The Morgan fingerprint density at radius 2 is 2.07 bits per heavy atom. The first-order chi connectivity index (χ1) is 6.43. The van der Waals surface area contributed by atoms with Crippen molar-refractivity contribution >= 4 is 0 Å². The van der Waals surface area contributed by atoms with Gasteiger partial charge >= 0.3 is 0 Å². The molecule has 0 bridgehead atoms. The Morgan fingerprint density at radius 3 is 2.50 bits per heavy atom. The second-order valence-electron chi connectivity index (χ2n) is 4.50. The molecule has 1 rings (SSSR count). The lowest BCUT2D eigenvalue weighted by Crippen LogP contribution is -2.31. The van der Waals surface area contributed by atoms with E-state index in [1.54, 1.807) is 0 Å². The van der Waals surface area contributed by atoms with Crippen LogP contribution in [0.5, 0.6) is 0 Å². The topological polar surface area (TPSA) is 63.8 Å². The van der Waals surface area contributed by atoms with Gasteiger partial charge in [0.05, 0.1) is 12.6 Å². The van der Waals surface area contributed by atoms with Crippen LogP contribution in [0.4, 0.5) is 0 Å². The van der Waals surface area contributed by atoms with Gasteiger partial charge in [-0.15, -0.1) is 10.2 Å². The van der Waals surface area contributed by atoms with Crippen molar-refractivity contribution in [2.24, 2.45) is 5.41 Å². The summed E-state index contributed by atoms with van der Waals surface area (Å²) in [4.78, 5) is 1.45. The molecule has 0 saturated heterocycles. The Labute approximate surface area is 84.1 Å². The molecule has 14 heavy (non-hydrogen) atoms. The lowest BCUT2D eigenvalue weighted by molar-refractivity contribution is 0.0409. The molecule has 1 N–H and O–H groups in total. The van der Waals surface area contributed by atoms with Crippen molar-refractivity contribution in [3.63, 3.8) is 0 Å². The second kappa shape index (κ2) is 4.04. The zero-order valence-corrected chi connectivity index (χ0v) is 9.23. The van der Waals surface area contributed by atoms with Crippen LogP contribution >= 0.6 is 0 Å². The fraction of sp³-hybridized carbons (Fsp3) is 0.889. The molecule has 0 radical (unpaired) electrons. The number of tetrazole rings is 1. The number of aryl methyl sites for hydroxylation is 1. The molecule has 0 aromatic carbocycles. The minimum Gasteiger partial charge on any atom is -0.391 e. The molecule has 1 atom stereocenters. The van der Waals surface area contributed by atoms with E-state index in [0.29, 0.717) is 12.4 Å². The van der Waals surface area contributed by atoms with Gasteiger partial charge in [0.1, 0.15) is 0 Å². The first kappa shape index (κ1) is 11.1. The summed E-state index contributed by atoms with van der Waals surface area (Å²) in [6.45, 7) is 8.32. The molecule has 1 unspecified atom stereocenters. The minimum absolute atomic E-state index is 0.153. The molecule has 0 aliphatic rings. The van der Waals surface area contributed by atoms with Crippen molar-refractivity contribution in [2.45, 2.75) is 46.8 Å². The van der Waals surface area contributed by atoms with E-state index in [1.165, 1.54) is 4.80 Å². The number of aromatic nitrogens is 4. The van der Waals surface area contributed by atoms with Crippen molar-refractivity contribution in [2.75, 3.05) is 0 Å². The van der Waals surface area contributed by atoms with Crippen LogP contribution in [0.3, 0.4) is 0 Å². The van der Waals surface area contributed by atoms with Gasteiger partial charge in [0.15, 0.2) is 5.82 Å². The first-order valence-corrected chi connectivity index (χ1v) is 4.88. The molecule has 0 amide bonds. The van der Waals surface area contributed by atoms with Gasteiger partial charge in [-0.1, -0.05) is 27.7 Å². The van der Waals surface area contributed by atoms with Gasteiger partial charge in [0, 0.05) is 6.42 Å². The number of hydrogen-bond donors (Lipinski definition) is 1. The maximum atomic E-state index is 9.79. The highest BCUT2D eigenvalue weighted by Crippen LogP contribution is 2.19. The third-order valence-corrected chi connectivity index (χ3v) is 2.15. The predicted octanol–water partition coefficient (Wildman–Crippen LogP) is 0.642. The Kier molecular flexibility index (Phi) is 3.21. The fourth-order valence-electron chi connectivity index (χ4n) is 0.924. The molecule has 1 aromatic heterocycles. The van der Waals surface area contributed by atoms with Crippen molar-refractivity contribution < 1.29 is 5.11 Å². The van der Waals surface area contributed by atoms with Crippen LogP contribution < -0.4 is 0 Å². The zero-order chi connectivity index (χ0) is 10.8. The molecular formula is C9H18N4O. The van der Waals surface area contributed by atoms with E-state index in [9.17, 15) is 5.11 Å². The molecule has 1 aromatic rings. The summed E-state index contributed by atoms with van der Waals surface area (Å²) in [5, 5.41) is 21.6.